The minimum Gasteiger partial charge on any atom is -0.391 e. The molecule has 0 aromatic carbocycles. The van der Waals surface area contributed by atoms with Crippen LogP contribution >= 0.6 is 11.6 Å². The Morgan fingerprint density at radius 1 is 1.12 bits per heavy atom. The van der Waals surface area contributed by atoms with E-state index in [2.05, 4.69) is 52.8 Å². The molecule has 6 rings (SSSR count). The Balaban J connectivity index is 0.000000724. The van der Waals surface area contributed by atoms with E-state index in [1.807, 2.05) is 0 Å². The van der Waals surface area contributed by atoms with E-state index in [9.17, 15) is 5.11 Å². The largest absolute Gasteiger partial charge is 0.391 e. The van der Waals surface area contributed by atoms with Gasteiger partial charge in [-0.25, -0.2) is 0 Å². The van der Waals surface area contributed by atoms with Gasteiger partial charge in [0.25, 0.3) is 0 Å². The third-order valence-electron chi connectivity index (χ3n) is 10.0. The first-order chi connectivity index (χ1) is 15.7. The standard InChI is InChI=1S/C24H33ClO5.C3H8/c1-15-10-18-17-8-7-16-6-4-5-9-20(16,2)23(17,25)19(26)11-21(18,3)24(15)22(29-14-30-24)12-27-13-28-22;1-3-2/h5-6,9,15,17-19,26H,4,7-8,10-14H2,1-3H3;3H2,1-2H3/t15-,17-,18-,19-,20-,21-,22?,23-,24+;/m0./s1. The number of hydrogen-bond acceptors (Lipinski definition) is 5. The number of halogens is 1. The molecule has 1 N–H and O–H groups in total. The molecule has 2 aliphatic heterocycles. The summed E-state index contributed by atoms with van der Waals surface area (Å²) < 4.78 is 24.4. The lowest BCUT2D eigenvalue weighted by Crippen LogP contribution is -2.71. The SMILES string of the molecule is CCC.C[C@H]1C[C@H]2[C@@H]3CCC4=CCC=C[C@]4(C)[C@@]3(Cl)[C@@H](O)C[C@]2(C)[C@]12OCOC21COCO1. The number of hydrogen-bond donors (Lipinski definition) is 1. The van der Waals surface area contributed by atoms with Gasteiger partial charge < -0.3 is 24.1 Å². The van der Waals surface area contributed by atoms with Crippen LogP contribution in [0, 0.1) is 28.6 Å². The number of aliphatic hydroxyl groups excluding tert-OH is 1. The van der Waals surface area contributed by atoms with Crippen molar-refractivity contribution in [2.75, 3.05) is 20.2 Å². The molecular weight excluding hydrogens is 440 g/mol. The van der Waals surface area contributed by atoms with Crippen LogP contribution in [0.1, 0.15) is 73.1 Å². The minimum atomic E-state index is -0.893. The van der Waals surface area contributed by atoms with Crippen LogP contribution in [0.5, 0.6) is 0 Å². The van der Waals surface area contributed by atoms with E-state index in [1.54, 1.807) is 0 Å². The van der Waals surface area contributed by atoms with Crippen molar-refractivity contribution in [3.05, 3.63) is 23.8 Å². The molecule has 9 atom stereocenters. The molecule has 1 unspecified atom stereocenters. The van der Waals surface area contributed by atoms with Crippen LogP contribution in [0.25, 0.3) is 0 Å². The molecule has 0 amide bonds. The molecule has 0 aromatic rings. The van der Waals surface area contributed by atoms with Gasteiger partial charge in [-0.3, -0.25) is 0 Å². The fourth-order valence-corrected chi connectivity index (χ4v) is 9.40. The summed E-state index contributed by atoms with van der Waals surface area (Å²) >= 11 is 7.59. The zero-order valence-corrected chi connectivity index (χ0v) is 21.6. The van der Waals surface area contributed by atoms with Gasteiger partial charge in [-0.1, -0.05) is 64.8 Å². The van der Waals surface area contributed by atoms with Crippen LogP contribution in [-0.2, 0) is 18.9 Å². The Labute approximate surface area is 203 Å². The predicted octanol–water partition coefficient (Wildman–Crippen LogP) is 5.55. The quantitative estimate of drug-likeness (QED) is 0.363. The van der Waals surface area contributed by atoms with E-state index in [1.165, 1.54) is 12.0 Å². The predicted molar refractivity (Wildman–Crippen MR) is 128 cm³/mol. The van der Waals surface area contributed by atoms with E-state index < -0.39 is 22.4 Å². The average Bonchev–Trinajstić information content (AvgIpc) is 3.46. The molecule has 6 aliphatic rings. The summed E-state index contributed by atoms with van der Waals surface area (Å²) in [5.74, 6) is -0.154. The van der Waals surface area contributed by atoms with Crippen LogP contribution in [0.2, 0.25) is 0 Å². The molecule has 2 spiro atoms. The first kappa shape index (κ1) is 24.3. The lowest BCUT2D eigenvalue weighted by atomic mass is 9.45. The second kappa shape index (κ2) is 8.04. The average molecular weight is 481 g/mol. The second-order valence-electron chi connectivity index (χ2n) is 11.6. The highest BCUT2D eigenvalue weighted by Gasteiger charge is 2.80. The monoisotopic (exact) mass is 480 g/mol. The number of fused-ring (bicyclic) bond motifs is 7. The normalized spacial score (nSPS) is 54.5. The summed E-state index contributed by atoms with van der Waals surface area (Å²) in [5.41, 5.74) is 0.131. The van der Waals surface area contributed by atoms with Crippen LogP contribution < -0.4 is 0 Å². The maximum Gasteiger partial charge on any atom is 0.227 e. The first-order valence-corrected chi connectivity index (χ1v) is 13.3. The third-order valence-corrected chi connectivity index (χ3v) is 11.0. The smallest absolute Gasteiger partial charge is 0.227 e. The van der Waals surface area contributed by atoms with Gasteiger partial charge in [0, 0.05) is 10.8 Å². The minimum absolute atomic E-state index is 0.197. The first-order valence-electron chi connectivity index (χ1n) is 12.9. The second-order valence-corrected chi connectivity index (χ2v) is 12.2. The Bertz CT molecular complexity index is 831. The van der Waals surface area contributed by atoms with Gasteiger partial charge in [0.05, 0.1) is 11.0 Å². The molecule has 2 saturated heterocycles. The van der Waals surface area contributed by atoms with Gasteiger partial charge in [0.2, 0.25) is 5.79 Å². The van der Waals surface area contributed by atoms with Crippen molar-refractivity contribution in [2.24, 2.45) is 28.6 Å². The number of alkyl halides is 1. The number of allylic oxidation sites excluding steroid dienone is 4. The number of rotatable bonds is 0. The van der Waals surface area contributed by atoms with Crippen LogP contribution in [0.3, 0.4) is 0 Å². The Hall–Kier alpha value is -0.430. The third kappa shape index (κ3) is 2.78. The summed E-state index contributed by atoms with van der Waals surface area (Å²) in [6.07, 6.45) is 12.0. The summed E-state index contributed by atoms with van der Waals surface area (Å²) in [6, 6.07) is 0. The molecule has 186 valence electrons. The van der Waals surface area contributed by atoms with E-state index in [4.69, 9.17) is 30.5 Å². The summed E-state index contributed by atoms with van der Waals surface area (Å²) in [7, 11) is 0. The fourth-order valence-electron chi connectivity index (χ4n) is 8.87. The molecule has 3 saturated carbocycles. The van der Waals surface area contributed by atoms with Gasteiger partial charge in [-0.05, 0) is 49.9 Å². The van der Waals surface area contributed by atoms with Crippen molar-refractivity contribution in [1.29, 1.82) is 0 Å². The fraction of sp³-hybridized carbons (Fsp3) is 0.852. The van der Waals surface area contributed by atoms with Crippen molar-refractivity contribution in [3.8, 4) is 0 Å². The molecule has 2 heterocycles. The van der Waals surface area contributed by atoms with Crippen molar-refractivity contribution in [3.63, 3.8) is 0 Å². The summed E-state index contributed by atoms with van der Waals surface area (Å²) in [4.78, 5) is -0.705. The van der Waals surface area contributed by atoms with Crippen molar-refractivity contribution >= 4 is 11.6 Å². The summed E-state index contributed by atoms with van der Waals surface area (Å²) in [5, 5.41) is 11.8. The maximum absolute atomic E-state index is 11.8. The molecule has 0 aromatic heterocycles. The Morgan fingerprint density at radius 2 is 1.85 bits per heavy atom. The molecule has 4 aliphatic carbocycles. The van der Waals surface area contributed by atoms with Gasteiger partial charge in [0.15, 0.2) is 13.6 Å². The molecule has 0 radical (unpaired) electrons. The van der Waals surface area contributed by atoms with Crippen LogP contribution in [0.4, 0.5) is 0 Å². The Kier molecular flexibility index (Phi) is 5.91. The molecule has 5 fully saturated rings. The Morgan fingerprint density at radius 3 is 2.55 bits per heavy atom. The molecular formula is C27H41ClO5. The van der Waals surface area contributed by atoms with Gasteiger partial charge >= 0.3 is 0 Å². The highest BCUT2D eigenvalue weighted by atomic mass is 35.5. The highest BCUT2D eigenvalue weighted by molar-refractivity contribution is 6.26. The number of aliphatic hydroxyl groups is 1. The molecule has 6 heteroatoms. The van der Waals surface area contributed by atoms with Crippen molar-refractivity contribution in [1.82, 2.24) is 0 Å². The number of ether oxygens (including phenoxy) is 4. The maximum atomic E-state index is 11.8. The van der Waals surface area contributed by atoms with Crippen LogP contribution in [-0.4, -0.2) is 47.7 Å². The topological polar surface area (TPSA) is 57.2 Å². The zero-order chi connectivity index (χ0) is 23.7. The van der Waals surface area contributed by atoms with Crippen molar-refractivity contribution < 1.29 is 24.1 Å². The molecule has 5 nitrogen and oxygen atoms in total. The lowest BCUT2D eigenvalue weighted by molar-refractivity contribution is -0.264. The van der Waals surface area contributed by atoms with Crippen LogP contribution in [0.15, 0.2) is 23.8 Å². The zero-order valence-electron chi connectivity index (χ0n) is 20.9. The van der Waals surface area contributed by atoms with E-state index in [-0.39, 0.29) is 36.3 Å². The van der Waals surface area contributed by atoms with E-state index >= 15 is 0 Å². The molecule has 33 heavy (non-hydrogen) atoms. The van der Waals surface area contributed by atoms with Crippen molar-refractivity contribution in [2.45, 2.75) is 95.5 Å². The lowest BCUT2D eigenvalue weighted by Gasteiger charge is -2.64. The highest BCUT2D eigenvalue weighted by Crippen LogP contribution is 2.74. The van der Waals surface area contributed by atoms with E-state index in [0.29, 0.717) is 18.9 Å². The summed E-state index contributed by atoms with van der Waals surface area (Å²) in [6.45, 7) is 11.8. The van der Waals surface area contributed by atoms with Gasteiger partial charge in [-0.2, -0.15) is 0 Å². The van der Waals surface area contributed by atoms with E-state index in [0.717, 1.165) is 25.7 Å². The molecule has 0 bridgehead atoms. The van der Waals surface area contributed by atoms with Gasteiger partial charge in [-0.15, -0.1) is 11.6 Å². The van der Waals surface area contributed by atoms with Gasteiger partial charge in [0.1, 0.15) is 12.2 Å².